The number of carbonyl (C=O) groups excluding carboxylic acids is 3. The third-order valence-electron chi connectivity index (χ3n) is 4.83. The molecule has 0 spiro atoms. The highest BCUT2D eigenvalue weighted by molar-refractivity contribution is 5.96. The van der Waals surface area contributed by atoms with Crippen LogP contribution in [0.1, 0.15) is 40.2 Å². The van der Waals surface area contributed by atoms with Crippen LogP contribution in [-0.4, -0.2) is 64.6 Å². The quantitative estimate of drug-likeness (QED) is 0.688. The molecule has 1 saturated heterocycles. The van der Waals surface area contributed by atoms with Gasteiger partial charge in [-0.25, -0.2) is 0 Å². The highest BCUT2D eigenvalue weighted by atomic mass is 16.2. The van der Waals surface area contributed by atoms with Crippen molar-refractivity contribution < 1.29 is 14.4 Å². The van der Waals surface area contributed by atoms with Crippen molar-refractivity contribution in [2.45, 2.75) is 47.2 Å². The number of carbonyl (C=O) groups is 3. The van der Waals surface area contributed by atoms with Crippen molar-refractivity contribution in [3.8, 4) is 0 Å². The summed E-state index contributed by atoms with van der Waals surface area (Å²) in [6, 6.07) is 9.00. The van der Waals surface area contributed by atoms with E-state index in [1.807, 2.05) is 35.2 Å². The molecular weight excluding hydrogens is 354 g/mol. The Hall–Kier alpha value is -2.37. The third-order valence-corrected chi connectivity index (χ3v) is 4.83. The molecule has 1 atom stereocenters. The van der Waals surface area contributed by atoms with Gasteiger partial charge in [0.05, 0.1) is 0 Å². The lowest BCUT2D eigenvalue weighted by Gasteiger charge is -2.39. The van der Waals surface area contributed by atoms with Gasteiger partial charge < -0.3 is 14.7 Å². The van der Waals surface area contributed by atoms with Gasteiger partial charge in [0.15, 0.2) is 0 Å². The number of benzene rings is 1. The standard InChI is InChI=1S/C22H33N3O3/c1-16(2)11-23(12-17(3)4)20(26)15-25-18(5)22(28)24(14-21(25)27)13-19-9-7-6-8-10-19/h6-10,16-18H,11-15H2,1-5H3/t18-/m1/s1. The molecule has 0 aliphatic carbocycles. The van der Waals surface area contributed by atoms with Gasteiger partial charge in [0, 0.05) is 19.6 Å². The van der Waals surface area contributed by atoms with E-state index in [1.54, 1.807) is 11.8 Å². The molecule has 6 heteroatoms. The highest BCUT2D eigenvalue weighted by Crippen LogP contribution is 2.16. The fourth-order valence-electron chi connectivity index (χ4n) is 3.51. The summed E-state index contributed by atoms with van der Waals surface area (Å²) in [5, 5.41) is 0. The maximum absolute atomic E-state index is 12.9. The van der Waals surface area contributed by atoms with Crippen LogP contribution in [0.25, 0.3) is 0 Å². The molecule has 1 heterocycles. The number of nitrogens with zero attached hydrogens (tertiary/aromatic N) is 3. The van der Waals surface area contributed by atoms with E-state index in [1.165, 1.54) is 4.90 Å². The summed E-state index contributed by atoms with van der Waals surface area (Å²) in [6.45, 7) is 11.7. The molecule has 1 aromatic carbocycles. The number of hydrogen-bond donors (Lipinski definition) is 0. The summed E-state index contributed by atoms with van der Waals surface area (Å²) in [4.78, 5) is 43.2. The normalized spacial score (nSPS) is 17.6. The van der Waals surface area contributed by atoms with Gasteiger partial charge >= 0.3 is 0 Å². The van der Waals surface area contributed by atoms with E-state index in [9.17, 15) is 14.4 Å². The van der Waals surface area contributed by atoms with E-state index >= 15 is 0 Å². The second-order valence-electron chi connectivity index (χ2n) is 8.46. The van der Waals surface area contributed by atoms with Gasteiger partial charge in [-0.1, -0.05) is 58.0 Å². The Morgan fingerprint density at radius 3 is 2.18 bits per heavy atom. The largest absolute Gasteiger partial charge is 0.341 e. The summed E-state index contributed by atoms with van der Waals surface area (Å²) >= 11 is 0. The van der Waals surface area contributed by atoms with Gasteiger partial charge in [0.1, 0.15) is 19.1 Å². The zero-order chi connectivity index (χ0) is 20.8. The Labute approximate surface area is 168 Å². The fourth-order valence-corrected chi connectivity index (χ4v) is 3.51. The minimum atomic E-state index is -0.631. The smallest absolute Gasteiger partial charge is 0.245 e. The minimum absolute atomic E-state index is 0.0136. The lowest BCUT2D eigenvalue weighted by atomic mass is 10.1. The van der Waals surface area contributed by atoms with Crippen molar-refractivity contribution in [2.24, 2.45) is 11.8 Å². The molecule has 28 heavy (non-hydrogen) atoms. The SMILES string of the molecule is CC(C)CN(CC(C)C)C(=O)CN1C(=O)CN(Cc2ccccc2)C(=O)[C@H]1C. The van der Waals surface area contributed by atoms with E-state index < -0.39 is 6.04 Å². The Morgan fingerprint density at radius 2 is 1.64 bits per heavy atom. The Kier molecular flexibility index (Phi) is 7.61. The first-order chi connectivity index (χ1) is 13.2. The molecule has 154 valence electrons. The Bertz CT molecular complexity index is 678. The number of amides is 3. The van der Waals surface area contributed by atoms with E-state index in [2.05, 4.69) is 27.7 Å². The van der Waals surface area contributed by atoms with Gasteiger partial charge in [0.25, 0.3) is 0 Å². The molecule has 0 aromatic heterocycles. The average molecular weight is 388 g/mol. The van der Waals surface area contributed by atoms with Crippen molar-refractivity contribution >= 4 is 17.7 Å². The van der Waals surface area contributed by atoms with Gasteiger partial charge in [-0.05, 0) is 24.3 Å². The van der Waals surface area contributed by atoms with E-state index in [0.717, 1.165) is 5.56 Å². The summed E-state index contributed by atoms with van der Waals surface area (Å²) < 4.78 is 0. The van der Waals surface area contributed by atoms with Crippen LogP contribution in [0.3, 0.4) is 0 Å². The number of hydrogen-bond acceptors (Lipinski definition) is 3. The summed E-state index contributed by atoms with van der Waals surface area (Å²) in [5.74, 6) is 0.313. The first-order valence-electron chi connectivity index (χ1n) is 10.1. The van der Waals surface area contributed by atoms with Gasteiger partial charge in [-0.2, -0.15) is 0 Å². The van der Waals surface area contributed by atoms with E-state index in [0.29, 0.717) is 31.5 Å². The van der Waals surface area contributed by atoms with Crippen molar-refractivity contribution in [2.75, 3.05) is 26.2 Å². The van der Waals surface area contributed by atoms with Crippen molar-refractivity contribution in [3.63, 3.8) is 0 Å². The first kappa shape index (κ1) is 21.9. The summed E-state index contributed by atoms with van der Waals surface area (Å²) in [7, 11) is 0. The molecular formula is C22H33N3O3. The molecule has 2 rings (SSSR count). The van der Waals surface area contributed by atoms with Crippen LogP contribution >= 0.6 is 0 Å². The molecule has 0 unspecified atom stereocenters. The summed E-state index contributed by atoms with van der Waals surface area (Å²) in [5.41, 5.74) is 0.986. The molecule has 1 aromatic rings. The highest BCUT2D eigenvalue weighted by Gasteiger charge is 2.38. The van der Waals surface area contributed by atoms with Crippen LogP contribution in [0.2, 0.25) is 0 Å². The predicted molar refractivity (Wildman–Crippen MR) is 109 cm³/mol. The average Bonchev–Trinajstić information content (AvgIpc) is 2.62. The van der Waals surface area contributed by atoms with Crippen molar-refractivity contribution in [1.82, 2.24) is 14.7 Å². The fraction of sp³-hybridized carbons (Fsp3) is 0.591. The topological polar surface area (TPSA) is 60.9 Å². The van der Waals surface area contributed by atoms with Gasteiger partial charge in [-0.15, -0.1) is 0 Å². The zero-order valence-electron chi connectivity index (χ0n) is 17.7. The monoisotopic (exact) mass is 387 g/mol. The molecule has 0 radical (unpaired) electrons. The van der Waals surface area contributed by atoms with Crippen LogP contribution in [-0.2, 0) is 20.9 Å². The van der Waals surface area contributed by atoms with Crippen LogP contribution in [0.4, 0.5) is 0 Å². The van der Waals surface area contributed by atoms with E-state index in [-0.39, 0.29) is 30.8 Å². The lowest BCUT2D eigenvalue weighted by molar-refractivity contribution is -0.158. The maximum atomic E-state index is 12.9. The Morgan fingerprint density at radius 1 is 1.07 bits per heavy atom. The van der Waals surface area contributed by atoms with Gasteiger partial charge in [-0.3, -0.25) is 14.4 Å². The summed E-state index contributed by atoms with van der Waals surface area (Å²) in [6.07, 6.45) is 0. The number of rotatable bonds is 8. The molecule has 1 aliphatic rings. The second kappa shape index (κ2) is 9.71. The second-order valence-corrected chi connectivity index (χ2v) is 8.46. The third kappa shape index (κ3) is 5.81. The first-order valence-corrected chi connectivity index (χ1v) is 10.1. The van der Waals surface area contributed by atoms with Crippen LogP contribution in [0.5, 0.6) is 0 Å². The lowest BCUT2D eigenvalue weighted by Crippen LogP contribution is -2.60. The molecule has 1 aliphatic heterocycles. The molecule has 1 fully saturated rings. The van der Waals surface area contributed by atoms with Crippen LogP contribution < -0.4 is 0 Å². The number of piperazine rings is 1. The van der Waals surface area contributed by atoms with Crippen molar-refractivity contribution in [1.29, 1.82) is 0 Å². The van der Waals surface area contributed by atoms with Crippen molar-refractivity contribution in [3.05, 3.63) is 35.9 Å². The van der Waals surface area contributed by atoms with Gasteiger partial charge in [0.2, 0.25) is 17.7 Å². The minimum Gasteiger partial charge on any atom is -0.341 e. The van der Waals surface area contributed by atoms with E-state index in [4.69, 9.17) is 0 Å². The predicted octanol–water partition coefficient (Wildman–Crippen LogP) is 2.39. The molecule has 6 nitrogen and oxygen atoms in total. The maximum Gasteiger partial charge on any atom is 0.245 e. The molecule has 0 bridgehead atoms. The zero-order valence-corrected chi connectivity index (χ0v) is 17.7. The molecule has 0 N–H and O–H groups in total. The van der Waals surface area contributed by atoms with Crippen LogP contribution in [0.15, 0.2) is 30.3 Å². The molecule has 0 saturated carbocycles. The molecule has 3 amide bonds. The Balaban J connectivity index is 2.05. The van der Waals surface area contributed by atoms with Crippen LogP contribution in [0, 0.1) is 11.8 Å².